The van der Waals surface area contributed by atoms with Gasteiger partial charge in [-0.05, 0) is 0 Å². The van der Waals surface area contributed by atoms with Crippen molar-refractivity contribution in [3.8, 4) is 0 Å². The molecule has 0 aromatic heterocycles. The molecule has 4 heteroatoms. The summed E-state index contributed by atoms with van der Waals surface area (Å²) in [5, 5.41) is 8.97. The average molecular weight is 575 g/mol. The number of hydrogen-bond donors (Lipinski definition) is 0. The standard InChI is InChI=1S/2C11H10N.C4H11Si.Lu/c2*1-2-6-10(7-3-1)12-11-8-4-5-9-11;1-5(2,3)4;/h2*1-9,11H;1H2,2-4H3;/q3*-1;+3. The van der Waals surface area contributed by atoms with Crippen molar-refractivity contribution in [1.29, 1.82) is 0 Å². The zero-order valence-electron chi connectivity index (χ0n) is 17.9. The fraction of sp³-hybridized carbons (Fsp3) is 0.192. The van der Waals surface area contributed by atoms with Crippen LogP contribution < -0.4 is 0 Å². The summed E-state index contributed by atoms with van der Waals surface area (Å²) >= 11 is 0. The van der Waals surface area contributed by atoms with Crippen molar-refractivity contribution >= 4 is 19.4 Å². The van der Waals surface area contributed by atoms with Crippen LogP contribution in [0.5, 0.6) is 0 Å². The smallest absolute Gasteiger partial charge is 0.675 e. The first kappa shape index (κ1) is 26.5. The Kier molecular flexibility index (Phi) is 12.8. The monoisotopic (exact) mass is 574 g/mol. The van der Waals surface area contributed by atoms with Crippen LogP contribution in [-0.2, 0) is 0 Å². The van der Waals surface area contributed by atoms with Crippen LogP contribution >= 0.6 is 0 Å². The zero-order valence-corrected chi connectivity index (χ0v) is 20.6. The van der Waals surface area contributed by atoms with Crippen molar-refractivity contribution in [2.24, 2.45) is 0 Å². The largest absolute Gasteiger partial charge is 3.00 e. The number of nitrogens with zero attached hydrogens (tertiary/aromatic N) is 2. The van der Waals surface area contributed by atoms with Gasteiger partial charge in [0.05, 0.1) is 0 Å². The van der Waals surface area contributed by atoms with E-state index in [0.717, 1.165) is 11.4 Å². The minimum Gasteiger partial charge on any atom is -0.675 e. The molecule has 0 bridgehead atoms. The minimum atomic E-state index is -0.861. The van der Waals surface area contributed by atoms with E-state index in [9.17, 15) is 0 Å². The third-order valence-electron chi connectivity index (χ3n) is 3.56. The molecule has 0 aliphatic heterocycles. The maximum Gasteiger partial charge on any atom is 3.00 e. The molecule has 0 amide bonds. The molecule has 0 saturated heterocycles. The first-order chi connectivity index (χ1) is 13.9. The molecule has 0 fully saturated rings. The van der Waals surface area contributed by atoms with E-state index in [1.165, 1.54) is 0 Å². The molecule has 0 spiro atoms. The molecule has 0 radical (unpaired) electrons. The Hall–Kier alpha value is -1.55. The van der Waals surface area contributed by atoms with Gasteiger partial charge in [0.1, 0.15) is 0 Å². The summed E-state index contributed by atoms with van der Waals surface area (Å²) in [5.41, 5.74) is 2.08. The van der Waals surface area contributed by atoms with Gasteiger partial charge in [-0.25, -0.2) is 0 Å². The van der Waals surface area contributed by atoms with E-state index < -0.39 is 8.07 Å². The molecular formula is C26H31LuN2Si. The Morgan fingerprint density at radius 3 is 1.13 bits per heavy atom. The van der Waals surface area contributed by atoms with Crippen LogP contribution in [0.3, 0.4) is 0 Å². The number of allylic oxidation sites excluding steroid dienone is 4. The predicted octanol–water partition coefficient (Wildman–Crippen LogP) is 8.07. The van der Waals surface area contributed by atoms with E-state index in [1.54, 1.807) is 0 Å². The minimum absolute atomic E-state index is 0. The Labute approximate surface area is 213 Å². The number of para-hydroxylation sites is 2. The normalized spacial score (nSPS) is 14.3. The average Bonchev–Trinajstić information content (AvgIpc) is 3.37. The summed E-state index contributed by atoms with van der Waals surface area (Å²) in [4.78, 5) is 0. The maximum absolute atomic E-state index is 4.48. The predicted molar refractivity (Wildman–Crippen MR) is 132 cm³/mol. The molecular weight excluding hydrogens is 543 g/mol. The van der Waals surface area contributed by atoms with Crippen molar-refractivity contribution in [3.05, 3.63) is 126 Å². The first-order valence-corrected chi connectivity index (χ1v) is 13.7. The molecule has 164 valence electrons. The van der Waals surface area contributed by atoms with Crippen LogP contribution in [-0.4, -0.2) is 20.2 Å². The molecule has 2 aliphatic rings. The Morgan fingerprint density at radius 1 is 0.600 bits per heavy atom. The van der Waals surface area contributed by atoms with Gasteiger partial charge in [-0.1, -0.05) is 141 Å². The van der Waals surface area contributed by atoms with Crippen molar-refractivity contribution in [2.75, 3.05) is 0 Å². The second-order valence-corrected chi connectivity index (χ2v) is 13.1. The molecule has 0 atom stereocenters. The van der Waals surface area contributed by atoms with E-state index >= 15 is 0 Å². The fourth-order valence-corrected chi connectivity index (χ4v) is 2.38. The SMILES string of the molecule is C1=CC([N-]c2ccccc2)C=C1.C1=CC([N-]c2ccccc2)C=C1.[CH2-][Si](C)(C)C.[Lu+3]. The van der Waals surface area contributed by atoms with E-state index in [2.05, 4.69) is 61.1 Å². The number of hydrogen-bond acceptors (Lipinski definition) is 0. The topological polar surface area (TPSA) is 28.2 Å². The van der Waals surface area contributed by atoms with Gasteiger partial charge >= 0.3 is 36.9 Å². The van der Waals surface area contributed by atoms with Crippen LogP contribution in [0.1, 0.15) is 0 Å². The molecule has 0 saturated carbocycles. The van der Waals surface area contributed by atoms with Crippen LogP contribution in [0.15, 0.2) is 109 Å². The van der Waals surface area contributed by atoms with Crippen LogP contribution in [0.2, 0.25) is 19.6 Å². The first-order valence-electron chi connectivity index (χ1n) is 9.97. The van der Waals surface area contributed by atoms with Crippen LogP contribution in [0, 0.1) is 43.4 Å². The summed E-state index contributed by atoms with van der Waals surface area (Å²) in [6.07, 6.45) is 16.4. The van der Waals surface area contributed by atoms with Crippen molar-refractivity contribution in [1.82, 2.24) is 0 Å². The van der Waals surface area contributed by atoms with Crippen molar-refractivity contribution in [3.63, 3.8) is 0 Å². The molecule has 2 aromatic rings. The van der Waals surface area contributed by atoms with Gasteiger partial charge in [0, 0.05) is 0 Å². The molecule has 0 heterocycles. The van der Waals surface area contributed by atoms with Crippen LogP contribution in [0.4, 0.5) is 11.4 Å². The Morgan fingerprint density at radius 2 is 0.867 bits per heavy atom. The summed E-state index contributed by atoms with van der Waals surface area (Å²) in [7, 11) is -0.861. The molecule has 2 aromatic carbocycles. The number of benzene rings is 2. The van der Waals surface area contributed by atoms with Gasteiger partial charge < -0.3 is 17.2 Å². The third kappa shape index (κ3) is 12.9. The van der Waals surface area contributed by atoms with E-state index in [4.69, 9.17) is 0 Å². The van der Waals surface area contributed by atoms with Crippen molar-refractivity contribution in [2.45, 2.75) is 31.7 Å². The Balaban J connectivity index is 0.000000241. The summed E-state index contributed by atoms with van der Waals surface area (Å²) in [6, 6.07) is 20.5. The van der Waals surface area contributed by atoms with E-state index in [1.807, 2.05) is 85.0 Å². The molecule has 2 aliphatic carbocycles. The van der Waals surface area contributed by atoms with Gasteiger partial charge in [-0.2, -0.15) is 0 Å². The number of rotatable bonds is 4. The molecule has 0 N–H and O–H groups in total. The Bertz CT molecular complexity index is 726. The fourth-order valence-electron chi connectivity index (χ4n) is 2.38. The second kappa shape index (κ2) is 14.5. The summed E-state index contributed by atoms with van der Waals surface area (Å²) < 4.78 is 0. The zero-order chi connectivity index (χ0) is 21.0. The van der Waals surface area contributed by atoms with E-state index in [-0.39, 0.29) is 49.0 Å². The molecule has 4 rings (SSSR count). The van der Waals surface area contributed by atoms with Gasteiger partial charge in [-0.15, -0.1) is 19.4 Å². The summed E-state index contributed by atoms with van der Waals surface area (Å²) in [6.45, 7) is 10.6. The van der Waals surface area contributed by atoms with Gasteiger partial charge in [0.2, 0.25) is 0 Å². The van der Waals surface area contributed by atoms with Gasteiger partial charge in [-0.3, -0.25) is 0 Å². The molecule has 2 nitrogen and oxygen atoms in total. The quantitative estimate of drug-likeness (QED) is 0.261. The van der Waals surface area contributed by atoms with E-state index in [0.29, 0.717) is 0 Å². The van der Waals surface area contributed by atoms with Crippen molar-refractivity contribution < 1.29 is 36.9 Å². The molecule has 30 heavy (non-hydrogen) atoms. The van der Waals surface area contributed by atoms with Crippen LogP contribution in [0.25, 0.3) is 10.6 Å². The maximum atomic E-state index is 4.48. The third-order valence-corrected chi connectivity index (χ3v) is 3.56. The summed E-state index contributed by atoms with van der Waals surface area (Å²) in [5.74, 6) is 0. The molecule has 0 unspecified atom stereocenters. The van der Waals surface area contributed by atoms with Gasteiger partial charge in [0.25, 0.3) is 0 Å². The van der Waals surface area contributed by atoms with Gasteiger partial charge in [0.15, 0.2) is 0 Å². The second-order valence-electron chi connectivity index (χ2n) is 8.01.